The first-order valence-corrected chi connectivity index (χ1v) is 10.3. The van der Waals surface area contributed by atoms with Crippen LogP contribution in [0, 0.1) is 4.77 Å². The van der Waals surface area contributed by atoms with Gasteiger partial charge in [0.1, 0.15) is 5.69 Å². The van der Waals surface area contributed by atoms with E-state index in [1.807, 2.05) is 42.5 Å². The number of aromatic amines is 1. The number of benzene rings is 2. The van der Waals surface area contributed by atoms with E-state index in [1.165, 1.54) is 5.69 Å². The van der Waals surface area contributed by atoms with Gasteiger partial charge in [0.05, 0.1) is 0 Å². The van der Waals surface area contributed by atoms with Gasteiger partial charge in [0.25, 0.3) is 5.91 Å². The Kier molecular flexibility index (Phi) is 5.78. The lowest BCUT2D eigenvalue weighted by molar-refractivity contribution is 0.102. The zero-order valence-corrected chi connectivity index (χ0v) is 17.3. The average Bonchev–Trinajstić information content (AvgIpc) is 3.16. The van der Waals surface area contributed by atoms with Crippen molar-refractivity contribution in [3.63, 3.8) is 0 Å². The molecule has 1 aliphatic heterocycles. The third kappa shape index (κ3) is 4.26. The normalized spacial score (nSPS) is 14.7. The minimum Gasteiger partial charge on any atom is -0.369 e. The van der Waals surface area contributed by atoms with E-state index in [0.29, 0.717) is 10.5 Å². The minimum atomic E-state index is -0.203. The number of rotatable bonds is 5. The number of carbonyl (C=O) groups excluding carboxylic acids is 1. The Bertz CT molecular complexity index is 1020. The molecule has 150 valence electrons. The van der Waals surface area contributed by atoms with Crippen molar-refractivity contribution in [1.82, 2.24) is 14.5 Å². The number of piperazine rings is 1. The zero-order chi connectivity index (χ0) is 20.2. The lowest BCUT2D eigenvalue weighted by Gasteiger charge is -2.35. The van der Waals surface area contributed by atoms with Crippen molar-refractivity contribution in [2.24, 2.45) is 0 Å². The van der Waals surface area contributed by atoms with Gasteiger partial charge < -0.3 is 20.1 Å². The summed E-state index contributed by atoms with van der Waals surface area (Å²) in [7, 11) is 0. The quantitative estimate of drug-likeness (QED) is 0.629. The molecule has 7 heteroatoms. The van der Waals surface area contributed by atoms with E-state index in [4.69, 9.17) is 12.2 Å². The molecule has 1 amide bonds. The predicted molar refractivity (Wildman–Crippen MR) is 120 cm³/mol. The van der Waals surface area contributed by atoms with Crippen LogP contribution < -0.4 is 10.2 Å². The summed E-state index contributed by atoms with van der Waals surface area (Å²) in [4.78, 5) is 20.7. The number of nitrogens with zero attached hydrogens (tertiary/aromatic N) is 3. The van der Waals surface area contributed by atoms with Crippen molar-refractivity contribution < 1.29 is 4.79 Å². The molecule has 2 aromatic carbocycles. The van der Waals surface area contributed by atoms with Crippen LogP contribution in [0.25, 0.3) is 5.69 Å². The maximum Gasteiger partial charge on any atom is 0.274 e. The van der Waals surface area contributed by atoms with Gasteiger partial charge in [-0.05, 0) is 55.2 Å². The largest absolute Gasteiger partial charge is 0.369 e. The van der Waals surface area contributed by atoms with E-state index in [1.54, 1.807) is 10.8 Å². The maximum absolute atomic E-state index is 12.9. The molecule has 1 aliphatic rings. The van der Waals surface area contributed by atoms with Crippen LogP contribution in [0.2, 0.25) is 0 Å². The minimum absolute atomic E-state index is 0.203. The first-order chi connectivity index (χ1) is 14.2. The highest BCUT2D eigenvalue weighted by molar-refractivity contribution is 7.71. The second-order valence-electron chi connectivity index (χ2n) is 7.07. The van der Waals surface area contributed by atoms with Crippen molar-refractivity contribution in [1.29, 1.82) is 0 Å². The molecule has 0 atom stereocenters. The van der Waals surface area contributed by atoms with Gasteiger partial charge in [-0.15, -0.1) is 0 Å². The second kappa shape index (κ2) is 8.63. The Hall–Kier alpha value is -2.90. The van der Waals surface area contributed by atoms with Gasteiger partial charge in [-0.2, -0.15) is 0 Å². The number of para-hydroxylation sites is 1. The van der Waals surface area contributed by atoms with E-state index < -0.39 is 0 Å². The first kappa shape index (κ1) is 19.4. The van der Waals surface area contributed by atoms with Gasteiger partial charge in [-0.3, -0.25) is 9.36 Å². The van der Waals surface area contributed by atoms with Crippen LogP contribution in [0.4, 0.5) is 11.4 Å². The standard InChI is InChI=1S/C22H25N5OS/c1-2-25-12-14-26(15-13-25)18-10-8-17(9-11-18)24-21(28)20-16-23-22(29)27(20)19-6-4-3-5-7-19/h3-11,16H,2,12-15H2,1H3,(H,23,29)(H,24,28). The van der Waals surface area contributed by atoms with Crippen LogP contribution in [0.3, 0.4) is 0 Å². The molecule has 0 radical (unpaired) electrons. The molecule has 0 bridgehead atoms. The number of aromatic nitrogens is 2. The zero-order valence-electron chi connectivity index (χ0n) is 16.5. The lowest BCUT2D eigenvalue weighted by atomic mass is 10.2. The highest BCUT2D eigenvalue weighted by Gasteiger charge is 2.17. The van der Waals surface area contributed by atoms with Gasteiger partial charge in [-0.1, -0.05) is 25.1 Å². The summed E-state index contributed by atoms with van der Waals surface area (Å²) in [5.41, 5.74) is 3.27. The predicted octanol–water partition coefficient (Wildman–Crippen LogP) is 3.93. The summed E-state index contributed by atoms with van der Waals surface area (Å²) in [6, 6.07) is 17.7. The van der Waals surface area contributed by atoms with E-state index >= 15 is 0 Å². The number of nitrogens with one attached hydrogen (secondary N) is 2. The molecule has 0 spiro atoms. The molecule has 3 aromatic rings. The number of imidazole rings is 1. The first-order valence-electron chi connectivity index (χ1n) is 9.90. The van der Waals surface area contributed by atoms with E-state index in [2.05, 4.69) is 39.2 Å². The van der Waals surface area contributed by atoms with Crippen LogP contribution in [0.15, 0.2) is 60.8 Å². The van der Waals surface area contributed by atoms with E-state index in [0.717, 1.165) is 44.1 Å². The van der Waals surface area contributed by atoms with E-state index in [-0.39, 0.29) is 5.91 Å². The fraction of sp³-hybridized carbons (Fsp3) is 0.273. The number of hydrogen-bond acceptors (Lipinski definition) is 4. The van der Waals surface area contributed by atoms with Crippen molar-refractivity contribution in [2.75, 3.05) is 42.9 Å². The molecule has 6 nitrogen and oxygen atoms in total. The van der Waals surface area contributed by atoms with Crippen LogP contribution in [0.1, 0.15) is 17.4 Å². The van der Waals surface area contributed by atoms with Crippen molar-refractivity contribution in [3.05, 3.63) is 71.3 Å². The highest BCUT2D eigenvalue weighted by Crippen LogP contribution is 2.21. The Labute approximate surface area is 175 Å². The lowest BCUT2D eigenvalue weighted by Crippen LogP contribution is -2.46. The Morgan fingerprint density at radius 1 is 1.00 bits per heavy atom. The molecule has 2 heterocycles. The van der Waals surface area contributed by atoms with Gasteiger partial charge in [0, 0.05) is 49.4 Å². The van der Waals surface area contributed by atoms with Gasteiger partial charge in [0.15, 0.2) is 4.77 Å². The summed E-state index contributed by atoms with van der Waals surface area (Å²) < 4.78 is 2.23. The van der Waals surface area contributed by atoms with Crippen molar-refractivity contribution in [3.8, 4) is 5.69 Å². The number of hydrogen-bond donors (Lipinski definition) is 2. The molecule has 4 rings (SSSR count). The molecule has 1 saturated heterocycles. The third-order valence-electron chi connectivity index (χ3n) is 5.33. The number of amides is 1. The fourth-order valence-corrected chi connectivity index (χ4v) is 3.90. The van der Waals surface area contributed by atoms with Crippen LogP contribution >= 0.6 is 12.2 Å². The highest BCUT2D eigenvalue weighted by atomic mass is 32.1. The van der Waals surface area contributed by atoms with Crippen molar-refractivity contribution in [2.45, 2.75) is 6.92 Å². The molecule has 0 unspecified atom stereocenters. The average molecular weight is 408 g/mol. The van der Waals surface area contributed by atoms with Crippen molar-refractivity contribution >= 4 is 29.5 Å². The van der Waals surface area contributed by atoms with Crippen LogP contribution in [-0.2, 0) is 0 Å². The molecule has 1 aromatic heterocycles. The van der Waals surface area contributed by atoms with Gasteiger partial charge in [0.2, 0.25) is 0 Å². The molecular weight excluding hydrogens is 382 g/mol. The summed E-state index contributed by atoms with van der Waals surface area (Å²) in [6.07, 6.45) is 1.65. The topological polar surface area (TPSA) is 56.3 Å². The summed E-state index contributed by atoms with van der Waals surface area (Å²) in [5, 5.41) is 2.98. The number of anilines is 2. The Morgan fingerprint density at radius 3 is 2.34 bits per heavy atom. The third-order valence-corrected chi connectivity index (χ3v) is 5.63. The molecule has 2 N–H and O–H groups in total. The second-order valence-corrected chi connectivity index (χ2v) is 7.46. The number of H-pyrrole nitrogens is 1. The van der Waals surface area contributed by atoms with Crippen LogP contribution in [0.5, 0.6) is 0 Å². The summed E-state index contributed by atoms with van der Waals surface area (Å²) >= 11 is 5.36. The number of carbonyl (C=O) groups is 1. The Morgan fingerprint density at radius 2 is 1.69 bits per heavy atom. The van der Waals surface area contributed by atoms with Gasteiger partial charge >= 0.3 is 0 Å². The molecule has 29 heavy (non-hydrogen) atoms. The summed E-state index contributed by atoms with van der Waals surface area (Å²) in [6.45, 7) is 7.54. The molecule has 0 aliphatic carbocycles. The smallest absolute Gasteiger partial charge is 0.274 e. The monoisotopic (exact) mass is 407 g/mol. The molecule has 1 fully saturated rings. The molecular formula is C22H25N5OS. The Balaban J connectivity index is 1.47. The molecule has 0 saturated carbocycles. The summed E-state index contributed by atoms with van der Waals surface area (Å²) in [5.74, 6) is -0.203. The fourth-order valence-electron chi connectivity index (χ4n) is 3.64. The van der Waals surface area contributed by atoms with E-state index in [9.17, 15) is 4.79 Å². The number of likely N-dealkylation sites (N-methyl/N-ethyl adjacent to an activating group) is 1. The maximum atomic E-state index is 12.9. The van der Waals surface area contributed by atoms with Crippen LogP contribution in [-0.4, -0.2) is 53.1 Å². The SMILES string of the molecule is CCN1CCN(c2ccc(NC(=O)c3c[nH]c(=S)n3-c3ccccc3)cc2)CC1. The van der Waals surface area contributed by atoms with Gasteiger partial charge in [-0.25, -0.2) is 0 Å².